The molecule has 4 aromatic carbocycles. The zero-order chi connectivity index (χ0) is 50.5. The molecule has 11 rings (SSSR count). The van der Waals surface area contributed by atoms with Crippen LogP contribution in [0.2, 0.25) is 0 Å². The zero-order valence-corrected chi connectivity index (χ0v) is 42.3. The first-order valence-corrected chi connectivity index (χ1v) is 26.7. The average molecular weight is 993 g/mol. The lowest BCUT2D eigenvalue weighted by Gasteiger charge is -2.58. The number of ether oxygens (including phenoxy) is 8. The Balaban J connectivity index is 0.890. The number of carbonyl (C=O) groups is 4. The Morgan fingerprint density at radius 3 is 1.77 bits per heavy atom. The van der Waals surface area contributed by atoms with Gasteiger partial charge in [0.1, 0.15) is 12.7 Å². The van der Waals surface area contributed by atoms with Crippen molar-refractivity contribution in [3.63, 3.8) is 0 Å². The number of fused-ring (bicyclic) bond motifs is 7. The third-order valence-electron chi connectivity index (χ3n) is 18.4. The fraction of sp³-hybridized carbons (Fsp3) is 0.508. The summed E-state index contributed by atoms with van der Waals surface area (Å²) in [6.07, 6.45) is 4.06. The molecule has 12 heteroatoms. The molecule has 7 aliphatic rings. The number of hydrogen-bond acceptors (Lipinski definition) is 12. The van der Waals surface area contributed by atoms with Crippen molar-refractivity contribution in [3.8, 4) is 0 Å². The highest BCUT2D eigenvalue weighted by Crippen LogP contribution is 2.70. The van der Waals surface area contributed by atoms with Gasteiger partial charge in [0.15, 0.2) is 30.4 Å². The Morgan fingerprint density at radius 2 is 1.19 bits per heavy atom. The number of rotatable bonds is 11. The van der Waals surface area contributed by atoms with Crippen LogP contribution in [-0.4, -0.2) is 85.8 Å². The molecule has 16 atom stereocenters. The SMILES string of the molecule is C[C@@H]1CC[C@@]2(OC1)O[C@H]1C[C@H]3[C@@H]4CC=C5C[C@@H](O[C@@H]6O[C@H](COC(=O)c7ccccc7)[C@@H](OC(=O)c7ccccc7)[C@H](OC(=O)c7ccccc7)[C@H]6OC(=O)c6ccccc6)CC[C@]5(C)[C@H]4CC[C@]3(C)[C@H]1[C@@H]2C. The maximum atomic E-state index is 14.2. The number of hydrogen-bond donors (Lipinski definition) is 0. The summed E-state index contributed by atoms with van der Waals surface area (Å²) in [4.78, 5) is 56.1. The van der Waals surface area contributed by atoms with Gasteiger partial charge < -0.3 is 37.9 Å². The van der Waals surface area contributed by atoms with Crippen LogP contribution in [0.4, 0.5) is 0 Å². The summed E-state index contributed by atoms with van der Waals surface area (Å²) in [7, 11) is 0. The van der Waals surface area contributed by atoms with Crippen LogP contribution in [0.5, 0.6) is 0 Å². The van der Waals surface area contributed by atoms with Gasteiger partial charge >= 0.3 is 23.9 Å². The van der Waals surface area contributed by atoms with Gasteiger partial charge in [0.25, 0.3) is 0 Å². The minimum Gasteiger partial charge on any atom is -0.459 e. The molecule has 1 spiro atoms. The Kier molecular flexibility index (Phi) is 13.7. The zero-order valence-electron chi connectivity index (χ0n) is 42.3. The molecule has 0 N–H and O–H groups in total. The summed E-state index contributed by atoms with van der Waals surface area (Å²) in [5.41, 5.74) is 2.50. The fourth-order valence-electron chi connectivity index (χ4n) is 14.6. The topological polar surface area (TPSA) is 142 Å². The fourth-order valence-corrected chi connectivity index (χ4v) is 14.6. The molecule has 3 aliphatic heterocycles. The summed E-state index contributed by atoms with van der Waals surface area (Å²) in [5, 5.41) is 0. The normalized spacial score (nSPS) is 37.3. The van der Waals surface area contributed by atoms with E-state index >= 15 is 0 Å². The largest absolute Gasteiger partial charge is 0.459 e. The Bertz CT molecular complexity index is 2650. The second-order valence-electron chi connectivity index (χ2n) is 22.5. The molecule has 3 saturated heterocycles. The van der Waals surface area contributed by atoms with Crippen molar-refractivity contribution in [1.29, 1.82) is 0 Å². The molecular formula is C61H68O12. The molecule has 0 unspecified atom stereocenters. The minimum atomic E-state index is -1.49. The van der Waals surface area contributed by atoms with E-state index in [4.69, 9.17) is 37.9 Å². The van der Waals surface area contributed by atoms with Gasteiger partial charge in [0, 0.05) is 12.3 Å². The first-order valence-electron chi connectivity index (χ1n) is 26.7. The van der Waals surface area contributed by atoms with E-state index < -0.39 is 67.0 Å². The van der Waals surface area contributed by atoms with Gasteiger partial charge in [0.05, 0.1) is 41.1 Å². The van der Waals surface area contributed by atoms with E-state index in [-0.39, 0.29) is 39.7 Å². The molecule has 0 radical (unpaired) electrons. The van der Waals surface area contributed by atoms with Crippen molar-refractivity contribution in [1.82, 2.24) is 0 Å². The third kappa shape index (κ3) is 9.35. The summed E-state index contributed by atoms with van der Waals surface area (Å²) in [5.74, 6) is -0.276. The van der Waals surface area contributed by atoms with Crippen molar-refractivity contribution in [2.75, 3.05) is 13.2 Å². The third-order valence-corrected chi connectivity index (χ3v) is 18.4. The van der Waals surface area contributed by atoms with E-state index in [0.717, 1.165) is 45.1 Å². The van der Waals surface area contributed by atoms with Gasteiger partial charge in [0.2, 0.25) is 0 Å². The molecule has 4 aliphatic carbocycles. The molecule has 0 amide bonds. The van der Waals surface area contributed by atoms with Gasteiger partial charge in [-0.1, -0.05) is 112 Å². The van der Waals surface area contributed by atoms with Gasteiger partial charge in [-0.25, -0.2) is 19.2 Å². The minimum absolute atomic E-state index is 0.0383. The Labute approximate surface area is 428 Å². The van der Waals surface area contributed by atoms with E-state index in [1.54, 1.807) is 121 Å². The standard InChI is InChI=1S/C61H68O12/c1-37-27-32-61(67-35-37)38(2)50-48(73-61)34-47-45-26-25-43-33-44(28-30-59(43,3)46(45)29-31-60(47,50)4)68-58-53(72-57(65)42-23-15-8-16-24-42)52(71-56(64)41-21-13-7-14-22-41)51(70-55(63)40-19-11-6-12-20-40)49(69-58)36-66-54(62)39-17-9-5-10-18-39/h5-25,37-38,44-53,58H,26-36H2,1-4H3/t37-,38+,44+,45-,46+,47+,48+,49-,50+,51-,52+,53-,58-,59+,60+,61-/m1/s1. The van der Waals surface area contributed by atoms with Crippen LogP contribution in [0.25, 0.3) is 0 Å². The second-order valence-corrected chi connectivity index (χ2v) is 22.5. The molecule has 384 valence electrons. The Morgan fingerprint density at radius 1 is 0.630 bits per heavy atom. The molecule has 3 heterocycles. The monoisotopic (exact) mass is 992 g/mol. The lowest BCUT2D eigenvalue weighted by molar-refractivity contribution is -0.310. The summed E-state index contributed by atoms with van der Waals surface area (Å²) in [6.45, 7) is 10.0. The summed E-state index contributed by atoms with van der Waals surface area (Å²) in [6, 6.07) is 33.8. The quantitative estimate of drug-likeness (QED) is 0.0802. The van der Waals surface area contributed by atoms with Crippen molar-refractivity contribution in [2.24, 2.45) is 46.3 Å². The highest BCUT2D eigenvalue weighted by molar-refractivity contribution is 5.91. The van der Waals surface area contributed by atoms with Crippen LogP contribution in [0.1, 0.15) is 127 Å². The van der Waals surface area contributed by atoms with Crippen LogP contribution in [-0.2, 0) is 37.9 Å². The van der Waals surface area contributed by atoms with E-state index in [1.165, 1.54) is 12.0 Å². The molecule has 0 aromatic heterocycles. The number of allylic oxidation sites excluding steroid dienone is 1. The predicted molar refractivity (Wildman–Crippen MR) is 269 cm³/mol. The van der Waals surface area contributed by atoms with Gasteiger partial charge in [-0.05, 0) is 140 Å². The predicted octanol–water partition coefficient (Wildman–Crippen LogP) is 11.0. The smallest absolute Gasteiger partial charge is 0.338 e. The summed E-state index contributed by atoms with van der Waals surface area (Å²) < 4.78 is 52.4. The van der Waals surface area contributed by atoms with Gasteiger partial charge in [-0.3, -0.25) is 0 Å². The Hall–Kier alpha value is -5.66. The van der Waals surface area contributed by atoms with Crippen LogP contribution in [0.15, 0.2) is 133 Å². The van der Waals surface area contributed by atoms with E-state index in [9.17, 15) is 19.2 Å². The van der Waals surface area contributed by atoms with E-state index in [2.05, 4.69) is 33.8 Å². The number of carbonyl (C=O) groups excluding carboxylic acids is 4. The van der Waals surface area contributed by atoms with Crippen LogP contribution in [0.3, 0.4) is 0 Å². The van der Waals surface area contributed by atoms with Crippen molar-refractivity contribution < 1.29 is 57.1 Å². The molecular weight excluding hydrogens is 925 g/mol. The van der Waals surface area contributed by atoms with E-state index in [1.807, 2.05) is 0 Å². The first-order chi connectivity index (χ1) is 35.3. The summed E-state index contributed by atoms with van der Waals surface area (Å²) >= 11 is 0. The lowest BCUT2D eigenvalue weighted by Crippen LogP contribution is -2.63. The molecule has 6 fully saturated rings. The van der Waals surface area contributed by atoms with Crippen LogP contribution < -0.4 is 0 Å². The van der Waals surface area contributed by atoms with Gasteiger partial charge in [-0.15, -0.1) is 0 Å². The van der Waals surface area contributed by atoms with Crippen molar-refractivity contribution in [2.45, 2.75) is 134 Å². The highest BCUT2D eigenvalue weighted by atomic mass is 16.7. The molecule has 4 aromatic rings. The van der Waals surface area contributed by atoms with E-state index in [0.29, 0.717) is 53.9 Å². The molecule has 0 bridgehead atoms. The first kappa shape index (κ1) is 49.5. The van der Waals surface area contributed by atoms with Crippen molar-refractivity contribution in [3.05, 3.63) is 155 Å². The maximum absolute atomic E-state index is 14.2. The molecule has 3 saturated carbocycles. The van der Waals surface area contributed by atoms with Crippen molar-refractivity contribution >= 4 is 23.9 Å². The maximum Gasteiger partial charge on any atom is 0.338 e. The number of esters is 4. The van der Waals surface area contributed by atoms with Crippen LogP contribution >= 0.6 is 0 Å². The lowest BCUT2D eigenvalue weighted by atomic mass is 9.47. The highest BCUT2D eigenvalue weighted by Gasteiger charge is 2.69. The van der Waals surface area contributed by atoms with Gasteiger partial charge in [-0.2, -0.15) is 0 Å². The molecule has 12 nitrogen and oxygen atoms in total. The number of benzene rings is 4. The van der Waals surface area contributed by atoms with Crippen LogP contribution in [0, 0.1) is 46.3 Å². The molecule has 73 heavy (non-hydrogen) atoms. The second kappa shape index (κ2) is 20.2. The average Bonchev–Trinajstić information content (AvgIpc) is 3.88.